The molecule has 0 fully saturated rings. The molecule has 2 heterocycles. The minimum absolute atomic E-state index is 0.0246. The van der Waals surface area contributed by atoms with Gasteiger partial charge in [-0.15, -0.1) is 0 Å². The Morgan fingerprint density at radius 2 is 1.90 bits per heavy atom. The van der Waals surface area contributed by atoms with Crippen LogP contribution in [-0.2, 0) is 6.54 Å². The summed E-state index contributed by atoms with van der Waals surface area (Å²) in [6.07, 6.45) is 0.784. The molecular formula is C23H26N4O2. The van der Waals surface area contributed by atoms with Crippen LogP contribution in [-0.4, -0.2) is 28.2 Å². The van der Waals surface area contributed by atoms with E-state index in [4.69, 9.17) is 15.6 Å². The second-order valence-electron chi connectivity index (χ2n) is 7.51. The van der Waals surface area contributed by atoms with Crippen LogP contribution in [0.3, 0.4) is 0 Å². The largest absolute Gasteiger partial charge is 0.457 e. The molecule has 0 spiro atoms. The van der Waals surface area contributed by atoms with Gasteiger partial charge in [0.25, 0.3) is 0 Å². The first-order valence-corrected chi connectivity index (χ1v) is 10.0. The minimum Gasteiger partial charge on any atom is -0.457 e. The Morgan fingerprint density at radius 1 is 1.21 bits per heavy atom. The Morgan fingerprint density at radius 3 is 2.59 bits per heavy atom. The molecule has 0 saturated heterocycles. The second-order valence-corrected chi connectivity index (χ2v) is 7.51. The molecule has 1 aliphatic heterocycles. The molecule has 1 aliphatic rings. The standard InChI is InChI=1S/C23H26N4O2/c1-3-15(2)22(28)20-21(26-27-14-17(24)13-25-23(20)27)16-9-11-19(12-10-16)29-18-7-5-4-6-8-18/h4-12,15,17,25H,3,13-14,24H2,1-2H3. The van der Waals surface area contributed by atoms with Gasteiger partial charge in [-0.3, -0.25) is 4.79 Å². The van der Waals surface area contributed by atoms with E-state index >= 15 is 0 Å². The van der Waals surface area contributed by atoms with Crippen LogP contribution in [0.2, 0.25) is 0 Å². The van der Waals surface area contributed by atoms with Gasteiger partial charge < -0.3 is 15.8 Å². The quantitative estimate of drug-likeness (QED) is 0.613. The number of rotatable bonds is 6. The number of Topliss-reactive ketones (excluding diaryl/α,β-unsaturated/α-hetero) is 1. The van der Waals surface area contributed by atoms with Crippen LogP contribution < -0.4 is 15.8 Å². The molecule has 0 bridgehead atoms. The summed E-state index contributed by atoms with van der Waals surface area (Å²) in [4.78, 5) is 13.1. The number of anilines is 1. The fraction of sp³-hybridized carbons (Fsp3) is 0.304. The predicted molar refractivity (Wildman–Crippen MR) is 114 cm³/mol. The Hall–Kier alpha value is -3.12. The summed E-state index contributed by atoms with van der Waals surface area (Å²) in [5.74, 6) is 2.33. The summed E-state index contributed by atoms with van der Waals surface area (Å²) in [6.45, 7) is 5.22. The average molecular weight is 390 g/mol. The van der Waals surface area contributed by atoms with E-state index in [1.807, 2.05) is 73.1 Å². The maximum Gasteiger partial charge on any atom is 0.171 e. The van der Waals surface area contributed by atoms with Gasteiger partial charge in [-0.05, 0) is 42.8 Å². The lowest BCUT2D eigenvalue weighted by atomic mass is 9.94. The van der Waals surface area contributed by atoms with Crippen molar-refractivity contribution in [3.63, 3.8) is 0 Å². The van der Waals surface area contributed by atoms with E-state index < -0.39 is 0 Å². The fourth-order valence-corrected chi connectivity index (χ4v) is 3.46. The van der Waals surface area contributed by atoms with Crippen LogP contribution in [0, 0.1) is 5.92 Å². The average Bonchev–Trinajstić information content (AvgIpc) is 3.12. The molecule has 3 N–H and O–H groups in total. The summed E-state index contributed by atoms with van der Waals surface area (Å²) in [5, 5.41) is 8.04. The van der Waals surface area contributed by atoms with E-state index in [-0.39, 0.29) is 17.7 Å². The summed E-state index contributed by atoms with van der Waals surface area (Å²) < 4.78 is 7.70. The van der Waals surface area contributed by atoms with Crippen molar-refractivity contribution in [1.82, 2.24) is 9.78 Å². The Bertz CT molecular complexity index is 996. The predicted octanol–water partition coefficient (Wildman–Crippen LogP) is 4.32. The maximum atomic E-state index is 13.1. The number of nitrogens with two attached hydrogens (primary N) is 1. The van der Waals surface area contributed by atoms with Gasteiger partial charge >= 0.3 is 0 Å². The van der Waals surface area contributed by atoms with Crippen molar-refractivity contribution in [2.24, 2.45) is 11.7 Å². The van der Waals surface area contributed by atoms with E-state index in [1.165, 1.54) is 0 Å². The fourth-order valence-electron chi connectivity index (χ4n) is 3.46. The molecule has 2 unspecified atom stereocenters. The molecule has 6 heteroatoms. The van der Waals surface area contributed by atoms with Crippen molar-refractivity contribution in [2.75, 3.05) is 11.9 Å². The summed E-state index contributed by atoms with van der Waals surface area (Å²) >= 11 is 0. The van der Waals surface area contributed by atoms with Crippen molar-refractivity contribution in [1.29, 1.82) is 0 Å². The first-order chi connectivity index (χ1) is 14.1. The van der Waals surface area contributed by atoms with Gasteiger partial charge in [-0.2, -0.15) is 5.10 Å². The Balaban J connectivity index is 1.69. The molecule has 29 heavy (non-hydrogen) atoms. The van der Waals surface area contributed by atoms with E-state index in [0.717, 1.165) is 29.3 Å². The third-order valence-electron chi connectivity index (χ3n) is 5.30. The van der Waals surface area contributed by atoms with E-state index in [0.29, 0.717) is 24.3 Å². The third kappa shape index (κ3) is 3.89. The number of fused-ring (bicyclic) bond motifs is 1. The zero-order valence-corrected chi connectivity index (χ0v) is 16.8. The molecule has 3 aromatic rings. The van der Waals surface area contributed by atoms with Crippen LogP contribution in [0.1, 0.15) is 30.6 Å². The van der Waals surface area contributed by atoms with Gasteiger partial charge in [0, 0.05) is 24.1 Å². The molecule has 4 rings (SSSR count). The van der Waals surface area contributed by atoms with Gasteiger partial charge in [0.15, 0.2) is 5.78 Å². The molecule has 0 radical (unpaired) electrons. The van der Waals surface area contributed by atoms with E-state index in [2.05, 4.69) is 5.32 Å². The molecule has 2 atom stereocenters. The number of nitrogens with zero attached hydrogens (tertiary/aromatic N) is 2. The number of nitrogens with one attached hydrogen (secondary N) is 1. The van der Waals surface area contributed by atoms with Crippen molar-refractivity contribution >= 4 is 11.6 Å². The van der Waals surface area contributed by atoms with Gasteiger partial charge in [-0.25, -0.2) is 4.68 Å². The smallest absolute Gasteiger partial charge is 0.171 e. The Labute approximate surface area is 170 Å². The van der Waals surface area contributed by atoms with Crippen molar-refractivity contribution in [2.45, 2.75) is 32.9 Å². The zero-order chi connectivity index (χ0) is 20.4. The first-order valence-electron chi connectivity index (χ1n) is 10.0. The molecule has 6 nitrogen and oxygen atoms in total. The van der Waals surface area contributed by atoms with Crippen molar-refractivity contribution in [3.05, 3.63) is 60.2 Å². The molecule has 150 valence electrons. The van der Waals surface area contributed by atoms with Crippen molar-refractivity contribution < 1.29 is 9.53 Å². The summed E-state index contributed by atoms with van der Waals surface area (Å²) in [5.41, 5.74) is 8.31. The number of ketones is 1. The summed E-state index contributed by atoms with van der Waals surface area (Å²) in [7, 11) is 0. The van der Waals surface area contributed by atoms with Gasteiger partial charge in [0.05, 0.1) is 12.1 Å². The zero-order valence-electron chi connectivity index (χ0n) is 16.8. The highest BCUT2D eigenvalue weighted by Crippen LogP contribution is 2.34. The lowest BCUT2D eigenvalue weighted by Gasteiger charge is -2.22. The second kappa shape index (κ2) is 8.09. The van der Waals surface area contributed by atoms with E-state index in [9.17, 15) is 4.79 Å². The van der Waals surface area contributed by atoms with E-state index in [1.54, 1.807) is 0 Å². The molecule has 0 aliphatic carbocycles. The minimum atomic E-state index is -0.0688. The first kappa shape index (κ1) is 19.2. The number of ether oxygens (including phenoxy) is 1. The molecule has 0 amide bonds. The van der Waals surface area contributed by atoms with Crippen LogP contribution in [0.4, 0.5) is 5.82 Å². The van der Waals surface area contributed by atoms with Gasteiger partial charge in [0.2, 0.25) is 0 Å². The molecular weight excluding hydrogens is 364 g/mol. The van der Waals surface area contributed by atoms with Crippen LogP contribution >= 0.6 is 0 Å². The Kier molecular flexibility index (Phi) is 5.36. The number of carbonyl (C=O) groups excluding carboxylic acids is 1. The molecule has 0 saturated carbocycles. The van der Waals surface area contributed by atoms with Gasteiger partial charge in [-0.1, -0.05) is 32.0 Å². The number of aromatic nitrogens is 2. The maximum absolute atomic E-state index is 13.1. The number of hydrogen-bond acceptors (Lipinski definition) is 5. The normalized spacial score (nSPS) is 16.6. The molecule has 1 aromatic heterocycles. The number of carbonyl (C=O) groups is 1. The number of benzene rings is 2. The highest BCUT2D eigenvalue weighted by Gasteiger charge is 2.30. The highest BCUT2D eigenvalue weighted by molar-refractivity contribution is 6.07. The van der Waals surface area contributed by atoms with Crippen LogP contribution in [0.5, 0.6) is 11.5 Å². The number of hydrogen-bond donors (Lipinski definition) is 2. The topological polar surface area (TPSA) is 82.2 Å². The van der Waals surface area contributed by atoms with Crippen molar-refractivity contribution in [3.8, 4) is 22.8 Å². The monoisotopic (exact) mass is 390 g/mol. The molecule has 2 aromatic carbocycles. The highest BCUT2D eigenvalue weighted by atomic mass is 16.5. The van der Waals surface area contributed by atoms with Crippen LogP contribution in [0.15, 0.2) is 54.6 Å². The lowest BCUT2D eigenvalue weighted by molar-refractivity contribution is 0.0928. The summed E-state index contributed by atoms with van der Waals surface area (Å²) in [6, 6.07) is 17.3. The lowest BCUT2D eigenvalue weighted by Crippen LogP contribution is -2.39. The van der Waals surface area contributed by atoms with Crippen LogP contribution in [0.25, 0.3) is 11.3 Å². The number of para-hydroxylation sites is 1. The van der Waals surface area contributed by atoms with Gasteiger partial charge in [0.1, 0.15) is 23.0 Å². The SMILES string of the molecule is CCC(C)C(=O)c1c(-c2ccc(Oc3ccccc3)cc2)nn2c1NCC(N)C2. The third-order valence-corrected chi connectivity index (χ3v) is 5.30.